The summed E-state index contributed by atoms with van der Waals surface area (Å²) in [5, 5.41) is 12.4. The Bertz CT molecular complexity index is 1030. The molecule has 0 bridgehead atoms. The molecular formula is C30H41FN2O4. The molecule has 1 aliphatic heterocycles. The van der Waals surface area contributed by atoms with Crippen LogP contribution in [0.3, 0.4) is 0 Å². The third-order valence-electron chi connectivity index (χ3n) is 8.01. The number of unbranched alkanes of at least 4 members (excludes halogenated alkanes) is 1. The van der Waals surface area contributed by atoms with E-state index in [0.29, 0.717) is 43.2 Å². The molecule has 1 saturated heterocycles. The molecule has 6 nitrogen and oxygen atoms in total. The molecule has 1 heterocycles. The lowest BCUT2D eigenvalue weighted by Gasteiger charge is -2.44. The lowest BCUT2D eigenvalue weighted by molar-refractivity contribution is -0.142. The van der Waals surface area contributed by atoms with Gasteiger partial charge in [-0.1, -0.05) is 30.7 Å². The third kappa shape index (κ3) is 6.89. The summed E-state index contributed by atoms with van der Waals surface area (Å²) in [4.78, 5) is 15.4. The Kier molecular flexibility index (Phi) is 9.57. The largest absolute Gasteiger partial charge is 0.457 e. The highest BCUT2D eigenvalue weighted by atomic mass is 19.1. The molecule has 0 spiro atoms. The van der Waals surface area contributed by atoms with Gasteiger partial charge < -0.3 is 25.2 Å². The van der Waals surface area contributed by atoms with E-state index in [4.69, 9.17) is 15.2 Å². The summed E-state index contributed by atoms with van der Waals surface area (Å²) in [7, 11) is 1.68. The molecule has 1 amide bonds. The Balaban J connectivity index is 1.60. The number of hydrogen-bond acceptors (Lipinski definition) is 5. The van der Waals surface area contributed by atoms with Gasteiger partial charge in [0.2, 0.25) is 5.91 Å². The minimum Gasteiger partial charge on any atom is -0.457 e. The fourth-order valence-electron chi connectivity index (χ4n) is 6.05. The van der Waals surface area contributed by atoms with Gasteiger partial charge in [0.25, 0.3) is 0 Å². The van der Waals surface area contributed by atoms with Crippen LogP contribution in [0, 0.1) is 17.7 Å². The number of nitrogens with two attached hydrogens (primary N) is 1. The lowest BCUT2D eigenvalue weighted by atomic mass is 9.73. The van der Waals surface area contributed by atoms with Gasteiger partial charge in [-0.15, -0.1) is 0 Å². The molecule has 4 atom stereocenters. The molecular weight excluding hydrogens is 471 g/mol. The maximum atomic E-state index is 13.8. The average molecular weight is 513 g/mol. The quantitative estimate of drug-likeness (QED) is 0.418. The standard InChI is InChI=1S/C30H41FN2O4/c1-36-18-5-4-16-30(35,27-14-2-3-15-28(27)37-26-13-7-11-24(31)20-26)23-10-8-17-33(21-23)29(34)22-9-6-12-25(32)19-22/h2-3,7,11,13-15,20,22-23,25,35H,4-6,8-10,12,16-19,21,32H2,1H3. The minimum absolute atomic E-state index is 0.0270. The van der Waals surface area contributed by atoms with E-state index in [2.05, 4.69) is 0 Å². The predicted molar refractivity (Wildman–Crippen MR) is 142 cm³/mol. The van der Waals surface area contributed by atoms with Crippen molar-refractivity contribution in [3.8, 4) is 11.5 Å². The number of hydrogen-bond donors (Lipinski definition) is 2. The van der Waals surface area contributed by atoms with E-state index in [1.165, 1.54) is 12.1 Å². The molecule has 4 unspecified atom stereocenters. The Morgan fingerprint density at radius 3 is 2.76 bits per heavy atom. The molecule has 4 rings (SSSR count). The van der Waals surface area contributed by atoms with Crippen LogP contribution in [0.15, 0.2) is 48.5 Å². The normalized spacial score (nSPS) is 23.9. The van der Waals surface area contributed by atoms with E-state index in [-0.39, 0.29) is 29.6 Å². The number of aliphatic hydroxyl groups is 1. The van der Waals surface area contributed by atoms with Crippen LogP contribution < -0.4 is 10.5 Å². The molecule has 37 heavy (non-hydrogen) atoms. The maximum Gasteiger partial charge on any atom is 0.225 e. The number of methoxy groups -OCH3 is 1. The first-order valence-electron chi connectivity index (χ1n) is 13.7. The molecule has 1 saturated carbocycles. The summed E-state index contributed by atoms with van der Waals surface area (Å²) < 4.78 is 25.2. The molecule has 2 fully saturated rings. The van der Waals surface area contributed by atoms with Gasteiger partial charge in [-0.25, -0.2) is 4.39 Å². The van der Waals surface area contributed by atoms with Gasteiger partial charge in [0.15, 0.2) is 0 Å². The number of piperidine rings is 1. The maximum absolute atomic E-state index is 13.8. The van der Waals surface area contributed by atoms with Gasteiger partial charge >= 0.3 is 0 Å². The van der Waals surface area contributed by atoms with E-state index in [0.717, 1.165) is 51.4 Å². The van der Waals surface area contributed by atoms with E-state index >= 15 is 0 Å². The minimum atomic E-state index is -1.21. The van der Waals surface area contributed by atoms with Gasteiger partial charge in [-0.3, -0.25) is 4.79 Å². The van der Waals surface area contributed by atoms with Gasteiger partial charge in [-0.05, 0) is 69.6 Å². The van der Waals surface area contributed by atoms with E-state index < -0.39 is 5.60 Å². The molecule has 202 valence electrons. The van der Waals surface area contributed by atoms with Crippen molar-refractivity contribution in [3.63, 3.8) is 0 Å². The summed E-state index contributed by atoms with van der Waals surface area (Å²) >= 11 is 0. The van der Waals surface area contributed by atoms with Crippen molar-refractivity contribution in [3.05, 3.63) is 59.9 Å². The van der Waals surface area contributed by atoms with Gasteiger partial charge in [0, 0.05) is 56.3 Å². The van der Waals surface area contributed by atoms with E-state index in [9.17, 15) is 14.3 Å². The highest BCUT2D eigenvalue weighted by Crippen LogP contribution is 2.44. The number of halogens is 1. The number of ether oxygens (including phenoxy) is 2. The molecule has 2 aromatic carbocycles. The van der Waals surface area contributed by atoms with Crippen molar-refractivity contribution in [1.29, 1.82) is 0 Å². The van der Waals surface area contributed by atoms with Crippen LogP contribution in [-0.4, -0.2) is 48.8 Å². The number of carbonyl (C=O) groups excluding carboxylic acids is 1. The Labute approximate surface area is 219 Å². The topological polar surface area (TPSA) is 85.0 Å². The highest BCUT2D eigenvalue weighted by molar-refractivity contribution is 5.79. The molecule has 2 aromatic rings. The van der Waals surface area contributed by atoms with Gasteiger partial charge in [-0.2, -0.15) is 0 Å². The fourth-order valence-corrected chi connectivity index (χ4v) is 6.05. The summed E-state index contributed by atoms with van der Waals surface area (Å²) in [6.45, 7) is 1.83. The van der Waals surface area contributed by atoms with E-state index in [1.807, 2.05) is 29.2 Å². The van der Waals surface area contributed by atoms with Gasteiger partial charge in [0.1, 0.15) is 17.3 Å². The summed E-state index contributed by atoms with van der Waals surface area (Å²) in [6.07, 6.45) is 7.34. The van der Waals surface area contributed by atoms with Crippen molar-refractivity contribution < 1.29 is 23.8 Å². The van der Waals surface area contributed by atoms with E-state index in [1.54, 1.807) is 19.2 Å². The number of benzene rings is 2. The number of rotatable bonds is 10. The van der Waals surface area contributed by atoms with Crippen molar-refractivity contribution in [2.24, 2.45) is 17.6 Å². The average Bonchev–Trinajstić information content (AvgIpc) is 2.91. The van der Waals surface area contributed by atoms with Crippen LogP contribution >= 0.6 is 0 Å². The molecule has 0 aromatic heterocycles. The zero-order valence-corrected chi connectivity index (χ0v) is 21.9. The van der Waals surface area contributed by atoms with Crippen molar-refractivity contribution >= 4 is 5.91 Å². The highest BCUT2D eigenvalue weighted by Gasteiger charge is 2.43. The summed E-state index contributed by atoms with van der Waals surface area (Å²) in [6, 6.07) is 13.6. The number of nitrogens with zero attached hydrogens (tertiary/aromatic N) is 1. The number of para-hydroxylation sites is 1. The second-order valence-corrected chi connectivity index (χ2v) is 10.7. The first kappa shape index (κ1) is 27.6. The Hall–Kier alpha value is -2.48. The molecule has 3 N–H and O–H groups in total. The van der Waals surface area contributed by atoms with Crippen molar-refractivity contribution in [2.75, 3.05) is 26.8 Å². The second-order valence-electron chi connectivity index (χ2n) is 10.7. The van der Waals surface area contributed by atoms with Gasteiger partial charge in [0.05, 0.1) is 5.60 Å². The fraction of sp³-hybridized carbons (Fsp3) is 0.567. The molecule has 7 heteroatoms. The van der Waals surface area contributed by atoms with Crippen molar-refractivity contribution in [1.82, 2.24) is 4.90 Å². The first-order chi connectivity index (χ1) is 17.9. The zero-order valence-electron chi connectivity index (χ0n) is 21.9. The molecule has 2 aliphatic rings. The SMILES string of the molecule is COCCCCC(O)(c1ccccc1Oc1cccc(F)c1)C1CCCN(C(=O)C2CCCC(N)C2)C1. The molecule has 0 radical (unpaired) electrons. The Morgan fingerprint density at radius 2 is 1.97 bits per heavy atom. The van der Waals surface area contributed by atoms with Crippen molar-refractivity contribution in [2.45, 2.75) is 69.4 Å². The predicted octanol–water partition coefficient (Wildman–Crippen LogP) is 5.38. The molecule has 1 aliphatic carbocycles. The van der Waals surface area contributed by atoms with Crippen LogP contribution in [0.5, 0.6) is 11.5 Å². The first-order valence-corrected chi connectivity index (χ1v) is 13.7. The number of likely N-dealkylation sites (tertiary alicyclic amines) is 1. The third-order valence-corrected chi connectivity index (χ3v) is 8.01. The summed E-state index contributed by atoms with van der Waals surface area (Å²) in [5.41, 5.74) is 5.64. The monoisotopic (exact) mass is 512 g/mol. The number of amides is 1. The Morgan fingerprint density at radius 1 is 1.14 bits per heavy atom. The van der Waals surface area contributed by atoms with Crippen LogP contribution in [0.2, 0.25) is 0 Å². The smallest absolute Gasteiger partial charge is 0.225 e. The van der Waals surface area contributed by atoms with Crippen LogP contribution in [0.25, 0.3) is 0 Å². The van der Waals surface area contributed by atoms with Crippen LogP contribution in [-0.2, 0) is 15.1 Å². The van der Waals surface area contributed by atoms with Crippen LogP contribution in [0.1, 0.15) is 63.4 Å². The summed E-state index contributed by atoms with van der Waals surface area (Å²) in [5.74, 6) is 0.495. The lowest BCUT2D eigenvalue weighted by Crippen LogP contribution is -2.50. The second kappa shape index (κ2) is 12.9. The zero-order chi connectivity index (χ0) is 26.3. The number of carbonyl (C=O) groups is 1. The van der Waals surface area contributed by atoms with Crippen LogP contribution in [0.4, 0.5) is 4.39 Å².